The SMILES string of the molecule is COc1ccc(Cl)cc1N1CC[C@H](NC(=O)c2nc(SC)n3ccccc23)C1. The van der Waals surface area contributed by atoms with Gasteiger partial charge in [-0.05, 0) is 43.0 Å². The molecule has 0 spiro atoms. The van der Waals surface area contributed by atoms with E-state index in [2.05, 4.69) is 15.2 Å². The number of rotatable bonds is 5. The second kappa shape index (κ2) is 7.93. The van der Waals surface area contributed by atoms with Gasteiger partial charge in [-0.1, -0.05) is 29.4 Å². The van der Waals surface area contributed by atoms with Crippen molar-refractivity contribution in [1.82, 2.24) is 14.7 Å². The van der Waals surface area contributed by atoms with Crippen LogP contribution in [0.4, 0.5) is 5.69 Å². The van der Waals surface area contributed by atoms with E-state index >= 15 is 0 Å². The first-order chi connectivity index (χ1) is 13.6. The van der Waals surface area contributed by atoms with Crippen molar-refractivity contribution in [1.29, 1.82) is 0 Å². The van der Waals surface area contributed by atoms with Crippen LogP contribution in [0.3, 0.4) is 0 Å². The van der Waals surface area contributed by atoms with Crippen LogP contribution in [0.15, 0.2) is 47.8 Å². The molecule has 146 valence electrons. The van der Waals surface area contributed by atoms with Gasteiger partial charge < -0.3 is 15.0 Å². The minimum absolute atomic E-state index is 0.0365. The van der Waals surface area contributed by atoms with Gasteiger partial charge in [0, 0.05) is 30.4 Å². The number of imidazole rings is 1. The molecule has 0 aliphatic carbocycles. The second-order valence-electron chi connectivity index (χ2n) is 6.62. The lowest BCUT2D eigenvalue weighted by Gasteiger charge is -2.21. The minimum atomic E-state index is -0.145. The Morgan fingerprint density at radius 3 is 3.00 bits per heavy atom. The number of benzene rings is 1. The monoisotopic (exact) mass is 416 g/mol. The first kappa shape index (κ1) is 19.0. The molecule has 3 heterocycles. The Bertz CT molecular complexity index is 1020. The fourth-order valence-corrected chi connectivity index (χ4v) is 4.29. The van der Waals surface area contributed by atoms with Crippen LogP contribution in [0.1, 0.15) is 16.9 Å². The van der Waals surface area contributed by atoms with Crippen LogP contribution >= 0.6 is 23.4 Å². The third-order valence-electron chi connectivity index (χ3n) is 4.92. The molecule has 0 radical (unpaired) electrons. The summed E-state index contributed by atoms with van der Waals surface area (Å²) < 4.78 is 7.40. The molecular weight excluding hydrogens is 396 g/mol. The third-order valence-corrected chi connectivity index (χ3v) is 5.81. The number of nitrogens with zero attached hydrogens (tertiary/aromatic N) is 3. The van der Waals surface area contributed by atoms with Gasteiger partial charge in [0.2, 0.25) is 0 Å². The maximum atomic E-state index is 12.9. The Labute approximate surface area is 172 Å². The number of aromatic nitrogens is 2. The Hall–Kier alpha value is -2.38. The molecule has 1 fully saturated rings. The van der Waals surface area contributed by atoms with E-state index in [9.17, 15) is 4.79 Å². The van der Waals surface area contributed by atoms with Crippen LogP contribution in [0.25, 0.3) is 5.52 Å². The van der Waals surface area contributed by atoms with Crippen LogP contribution in [-0.2, 0) is 0 Å². The molecule has 6 nitrogen and oxygen atoms in total. The van der Waals surface area contributed by atoms with E-state index in [0.717, 1.165) is 35.1 Å². The molecule has 1 aromatic carbocycles. The van der Waals surface area contributed by atoms with Crippen molar-refractivity contribution in [3.8, 4) is 5.75 Å². The number of fused-ring (bicyclic) bond motifs is 1. The number of nitrogens with one attached hydrogen (secondary N) is 1. The van der Waals surface area contributed by atoms with Crippen LogP contribution < -0.4 is 15.0 Å². The van der Waals surface area contributed by atoms with Gasteiger partial charge in [-0.15, -0.1) is 0 Å². The highest BCUT2D eigenvalue weighted by molar-refractivity contribution is 7.98. The van der Waals surface area contributed by atoms with E-state index < -0.39 is 0 Å². The average molecular weight is 417 g/mol. The molecule has 0 saturated carbocycles. The fraction of sp³-hybridized carbons (Fsp3) is 0.300. The van der Waals surface area contributed by atoms with Gasteiger partial charge >= 0.3 is 0 Å². The molecule has 1 saturated heterocycles. The van der Waals surface area contributed by atoms with Crippen LogP contribution in [0, 0.1) is 0 Å². The van der Waals surface area contributed by atoms with Crippen molar-refractivity contribution in [3.05, 3.63) is 53.3 Å². The number of thioether (sulfide) groups is 1. The lowest BCUT2D eigenvalue weighted by Crippen LogP contribution is -2.37. The molecular formula is C20H21ClN4O2S. The van der Waals surface area contributed by atoms with Crippen LogP contribution in [0.2, 0.25) is 5.02 Å². The van der Waals surface area contributed by atoms with Crippen molar-refractivity contribution in [2.75, 3.05) is 31.4 Å². The first-order valence-corrected chi connectivity index (χ1v) is 10.6. The fourth-order valence-electron chi connectivity index (χ4n) is 3.58. The second-order valence-corrected chi connectivity index (χ2v) is 7.83. The first-order valence-electron chi connectivity index (χ1n) is 9.01. The molecule has 1 N–H and O–H groups in total. The number of hydrogen-bond acceptors (Lipinski definition) is 5. The van der Waals surface area contributed by atoms with Gasteiger partial charge in [-0.25, -0.2) is 4.98 Å². The Morgan fingerprint density at radius 2 is 2.21 bits per heavy atom. The quantitative estimate of drug-likeness (QED) is 0.642. The number of hydrogen-bond donors (Lipinski definition) is 1. The van der Waals surface area contributed by atoms with E-state index in [1.54, 1.807) is 7.11 Å². The number of halogens is 1. The highest BCUT2D eigenvalue weighted by atomic mass is 35.5. The Kier molecular flexibility index (Phi) is 5.37. The molecule has 1 amide bonds. The van der Waals surface area contributed by atoms with Crippen molar-refractivity contribution in [2.45, 2.75) is 17.6 Å². The molecule has 0 unspecified atom stereocenters. The van der Waals surface area contributed by atoms with Gasteiger partial charge in [0.1, 0.15) is 5.75 Å². The maximum absolute atomic E-state index is 12.9. The molecule has 2 aromatic heterocycles. The van der Waals surface area contributed by atoms with Crippen molar-refractivity contribution >= 4 is 40.5 Å². The molecule has 1 aliphatic heterocycles. The standard InChI is InChI=1S/C20H21ClN4O2S/c1-27-17-7-6-13(21)11-16(17)24-10-8-14(12-24)22-19(26)18-15-5-3-4-9-25(15)20(23-18)28-2/h3-7,9,11,14H,8,10,12H2,1-2H3,(H,22,26)/t14-/m0/s1. The van der Waals surface area contributed by atoms with Gasteiger partial charge in [0.25, 0.3) is 5.91 Å². The van der Waals surface area contributed by atoms with Crippen molar-refractivity contribution in [2.24, 2.45) is 0 Å². The van der Waals surface area contributed by atoms with E-state index in [1.165, 1.54) is 11.8 Å². The number of pyridine rings is 1. The summed E-state index contributed by atoms with van der Waals surface area (Å²) in [7, 11) is 1.65. The lowest BCUT2D eigenvalue weighted by atomic mass is 10.2. The van der Waals surface area contributed by atoms with Crippen molar-refractivity contribution in [3.63, 3.8) is 0 Å². The molecule has 0 bridgehead atoms. The normalized spacial score (nSPS) is 16.5. The smallest absolute Gasteiger partial charge is 0.272 e. The largest absolute Gasteiger partial charge is 0.495 e. The van der Waals surface area contributed by atoms with Crippen LogP contribution in [0.5, 0.6) is 5.75 Å². The molecule has 4 rings (SSSR count). The zero-order valence-corrected chi connectivity index (χ0v) is 17.3. The zero-order chi connectivity index (χ0) is 19.7. The molecule has 1 aliphatic rings. The summed E-state index contributed by atoms with van der Waals surface area (Å²) in [5.41, 5.74) is 2.23. The number of anilines is 1. The van der Waals surface area contributed by atoms with Crippen LogP contribution in [-0.4, -0.2) is 47.8 Å². The Balaban J connectivity index is 1.51. The predicted octanol–water partition coefficient (Wildman–Crippen LogP) is 3.73. The summed E-state index contributed by atoms with van der Waals surface area (Å²) >= 11 is 7.68. The zero-order valence-electron chi connectivity index (χ0n) is 15.7. The lowest BCUT2D eigenvalue weighted by molar-refractivity contribution is 0.0937. The van der Waals surface area contributed by atoms with Gasteiger partial charge in [0.15, 0.2) is 10.9 Å². The number of amides is 1. The molecule has 3 aromatic rings. The Morgan fingerprint density at radius 1 is 1.36 bits per heavy atom. The molecule has 28 heavy (non-hydrogen) atoms. The predicted molar refractivity (Wildman–Crippen MR) is 113 cm³/mol. The van der Waals surface area contributed by atoms with E-state index in [4.69, 9.17) is 16.3 Å². The van der Waals surface area contributed by atoms with E-state index in [-0.39, 0.29) is 11.9 Å². The summed E-state index contributed by atoms with van der Waals surface area (Å²) in [6.45, 7) is 1.52. The minimum Gasteiger partial charge on any atom is -0.495 e. The average Bonchev–Trinajstić information content (AvgIpc) is 3.32. The molecule has 8 heteroatoms. The van der Waals surface area contributed by atoms with E-state index in [1.807, 2.05) is 53.3 Å². The highest BCUT2D eigenvalue weighted by Crippen LogP contribution is 2.33. The summed E-state index contributed by atoms with van der Waals surface area (Å²) in [4.78, 5) is 19.6. The summed E-state index contributed by atoms with van der Waals surface area (Å²) in [5.74, 6) is 0.634. The molecule has 1 atom stereocenters. The highest BCUT2D eigenvalue weighted by Gasteiger charge is 2.28. The van der Waals surface area contributed by atoms with Gasteiger partial charge in [-0.2, -0.15) is 0 Å². The number of methoxy groups -OCH3 is 1. The van der Waals surface area contributed by atoms with Crippen molar-refractivity contribution < 1.29 is 9.53 Å². The number of carbonyl (C=O) groups excluding carboxylic acids is 1. The van der Waals surface area contributed by atoms with E-state index in [0.29, 0.717) is 17.3 Å². The van der Waals surface area contributed by atoms with Gasteiger partial charge in [0.05, 0.1) is 18.3 Å². The summed E-state index contributed by atoms with van der Waals surface area (Å²) in [6, 6.07) is 11.4. The third kappa shape index (κ3) is 3.52. The topological polar surface area (TPSA) is 58.9 Å². The summed E-state index contributed by atoms with van der Waals surface area (Å²) in [6.07, 6.45) is 4.73. The number of ether oxygens (including phenoxy) is 1. The number of carbonyl (C=O) groups is 1. The summed E-state index contributed by atoms with van der Waals surface area (Å²) in [5, 5.41) is 4.60. The van der Waals surface area contributed by atoms with Gasteiger partial charge in [-0.3, -0.25) is 9.20 Å². The maximum Gasteiger partial charge on any atom is 0.272 e.